The average Bonchev–Trinajstić information content (AvgIpc) is 2.91. The summed E-state index contributed by atoms with van der Waals surface area (Å²) < 4.78 is 5.14. The highest BCUT2D eigenvalue weighted by atomic mass is 35.5. The number of aromatic nitrogens is 1. The summed E-state index contributed by atoms with van der Waals surface area (Å²) in [6.07, 6.45) is 1.73. The summed E-state index contributed by atoms with van der Waals surface area (Å²) in [6, 6.07) is 10.9. The Hall–Kier alpha value is -1.91. The highest BCUT2D eigenvalue weighted by Gasteiger charge is 2.09. The first-order chi connectivity index (χ1) is 9.24. The molecule has 3 rings (SSSR count). The van der Waals surface area contributed by atoms with E-state index in [0.29, 0.717) is 15.9 Å². The maximum atomic E-state index is 11.8. The van der Waals surface area contributed by atoms with E-state index in [1.165, 1.54) is 0 Å². The van der Waals surface area contributed by atoms with Crippen LogP contribution in [-0.4, -0.2) is 4.98 Å². The van der Waals surface area contributed by atoms with Gasteiger partial charge < -0.3 is 4.42 Å². The molecule has 19 heavy (non-hydrogen) atoms. The Kier molecular flexibility index (Phi) is 3.19. The van der Waals surface area contributed by atoms with Crippen molar-refractivity contribution in [2.24, 2.45) is 0 Å². The lowest BCUT2D eigenvalue weighted by Crippen LogP contribution is -2.03. The molecule has 0 aliphatic heterocycles. The molecule has 2 aromatic heterocycles. The van der Waals surface area contributed by atoms with Gasteiger partial charge >= 0.3 is 5.63 Å². The largest absolute Gasteiger partial charge is 0.402 e. The van der Waals surface area contributed by atoms with Crippen molar-refractivity contribution >= 4 is 44.9 Å². The lowest BCUT2D eigenvalue weighted by atomic mass is 10.2. The second kappa shape index (κ2) is 4.99. The van der Waals surface area contributed by atoms with Gasteiger partial charge in [0.1, 0.15) is 5.03 Å². The summed E-state index contributed by atoms with van der Waals surface area (Å²) in [5, 5.41) is 2.71. The fourth-order valence-corrected chi connectivity index (χ4v) is 2.60. The fourth-order valence-electron chi connectivity index (χ4n) is 1.68. The summed E-state index contributed by atoms with van der Waals surface area (Å²) in [6.45, 7) is 0. The van der Waals surface area contributed by atoms with E-state index in [-0.39, 0.29) is 5.89 Å². The van der Waals surface area contributed by atoms with Crippen molar-refractivity contribution in [3.8, 4) is 0 Å². The molecular formula is C14H8ClNO2S. The predicted octanol–water partition coefficient (Wildman–Crippen LogP) is 3.99. The minimum Gasteiger partial charge on any atom is -0.402 e. The first-order valence-electron chi connectivity index (χ1n) is 5.55. The molecular weight excluding hydrogens is 282 g/mol. The van der Waals surface area contributed by atoms with Gasteiger partial charge in [0, 0.05) is 4.88 Å². The Labute approximate surface area is 117 Å². The lowest BCUT2D eigenvalue weighted by molar-refractivity contribution is 0.489. The molecule has 0 saturated heterocycles. The van der Waals surface area contributed by atoms with Crippen LogP contribution in [0.4, 0.5) is 0 Å². The van der Waals surface area contributed by atoms with Crippen molar-refractivity contribution in [2.75, 3.05) is 0 Å². The molecule has 2 heterocycles. The van der Waals surface area contributed by atoms with Gasteiger partial charge in [-0.2, -0.15) is 0 Å². The number of hydrogen-bond donors (Lipinski definition) is 0. The maximum Gasteiger partial charge on any atom is 0.347 e. The van der Waals surface area contributed by atoms with Crippen molar-refractivity contribution < 1.29 is 4.42 Å². The van der Waals surface area contributed by atoms with E-state index < -0.39 is 5.63 Å². The first-order valence-corrected chi connectivity index (χ1v) is 6.81. The van der Waals surface area contributed by atoms with Crippen molar-refractivity contribution in [3.63, 3.8) is 0 Å². The molecule has 0 bridgehead atoms. The molecule has 0 fully saturated rings. The van der Waals surface area contributed by atoms with Gasteiger partial charge in [-0.15, -0.1) is 11.3 Å². The highest BCUT2D eigenvalue weighted by Crippen LogP contribution is 2.23. The van der Waals surface area contributed by atoms with E-state index >= 15 is 0 Å². The van der Waals surface area contributed by atoms with Gasteiger partial charge in [0.25, 0.3) is 0 Å². The standard InChI is InChI=1S/C14H8ClNO2S/c15-11(8-9-4-3-7-19-9)13-16-12-6-2-1-5-10(12)14(17)18-13/h1-8H/b11-8-. The Balaban J connectivity index is 2.13. The van der Waals surface area contributed by atoms with Crippen LogP contribution in [0.2, 0.25) is 0 Å². The Morgan fingerprint density at radius 2 is 2.11 bits per heavy atom. The molecule has 94 valence electrons. The van der Waals surface area contributed by atoms with E-state index in [4.69, 9.17) is 16.0 Å². The summed E-state index contributed by atoms with van der Waals surface area (Å²) in [5.41, 5.74) is 0.143. The normalized spacial score (nSPS) is 11.9. The molecule has 3 nitrogen and oxygen atoms in total. The Morgan fingerprint density at radius 3 is 2.89 bits per heavy atom. The van der Waals surface area contributed by atoms with E-state index in [1.807, 2.05) is 23.6 Å². The quantitative estimate of drug-likeness (QED) is 0.716. The second-order valence-electron chi connectivity index (χ2n) is 3.83. The number of rotatable bonds is 2. The molecule has 1 aromatic carbocycles. The monoisotopic (exact) mass is 289 g/mol. The molecule has 0 aliphatic rings. The minimum absolute atomic E-state index is 0.138. The van der Waals surface area contributed by atoms with E-state index in [1.54, 1.807) is 35.6 Å². The summed E-state index contributed by atoms with van der Waals surface area (Å²) >= 11 is 7.69. The zero-order valence-electron chi connectivity index (χ0n) is 9.67. The topological polar surface area (TPSA) is 43.1 Å². The Bertz CT molecular complexity index is 806. The summed E-state index contributed by atoms with van der Waals surface area (Å²) in [7, 11) is 0. The third kappa shape index (κ3) is 2.45. The molecule has 0 unspecified atom stereocenters. The van der Waals surface area contributed by atoms with Gasteiger partial charge in [-0.25, -0.2) is 9.78 Å². The number of benzene rings is 1. The van der Waals surface area contributed by atoms with Crippen LogP contribution in [0.25, 0.3) is 22.0 Å². The number of fused-ring (bicyclic) bond motifs is 1. The van der Waals surface area contributed by atoms with Crippen LogP contribution in [-0.2, 0) is 0 Å². The van der Waals surface area contributed by atoms with Crippen molar-refractivity contribution in [3.05, 3.63) is 63.0 Å². The van der Waals surface area contributed by atoms with E-state index in [9.17, 15) is 4.79 Å². The number of para-hydroxylation sites is 1. The minimum atomic E-state index is -0.432. The van der Waals surface area contributed by atoms with E-state index in [2.05, 4.69) is 4.98 Å². The van der Waals surface area contributed by atoms with Crippen LogP contribution in [0.5, 0.6) is 0 Å². The van der Waals surface area contributed by atoms with E-state index in [0.717, 1.165) is 4.88 Å². The number of hydrogen-bond acceptors (Lipinski definition) is 4. The number of thiophene rings is 1. The maximum absolute atomic E-state index is 11.8. The van der Waals surface area contributed by atoms with Crippen molar-refractivity contribution in [1.82, 2.24) is 4.98 Å². The average molecular weight is 290 g/mol. The highest BCUT2D eigenvalue weighted by molar-refractivity contribution is 7.11. The molecule has 0 atom stereocenters. The molecule has 0 amide bonds. The van der Waals surface area contributed by atoms with Gasteiger partial charge in [-0.05, 0) is 29.7 Å². The SMILES string of the molecule is O=c1oc(/C(Cl)=C/c2cccs2)nc2ccccc12. The smallest absolute Gasteiger partial charge is 0.347 e. The molecule has 0 saturated carbocycles. The lowest BCUT2D eigenvalue weighted by Gasteiger charge is -1.99. The first kappa shape index (κ1) is 12.1. The van der Waals surface area contributed by atoms with Crippen LogP contribution in [0.3, 0.4) is 0 Å². The second-order valence-corrected chi connectivity index (χ2v) is 5.22. The van der Waals surface area contributed by atoms with Gasteiger partial charge in [-0.3, -0.25) is 0 Å². The molecule has 0 aliphatic carbocycles. The third-order valence-electron chi connectivity index (χ3n) is 2.55. The van der Waals surface area contributed by atoms with Crippen molar-refractivity contribution in [2.45, 2.75) is 0 Å². The van der Waals surface area contributed by atoms with Crippen LogP contribution >= 0.6 is 22.9 Å². The molecule has 0 N–H and O–H groups in total. The van der Waals surface area contributed by atoms with Gasteiger partial charge in [0.15, 0.2) is 0 Å². The number of halogens is 1. The molecule has 0 spiro atoms. The van der Waals surface area contributed by atoms with Crippen LogP contribution in [0.15, 0.2) is 51.0 Å². The molecule has 0 radical (unpaired) electrons. The third-order valence-corrected chi connectivity index (χ3v) is 3.64. The Morgan fingerprint density at radius 1 is 1.26 bits per heavy atom. The van der Waals surface area contributed by atoms with Gasteiger partial charge in [0.05, 0.1) is 10.9 Å². The van der Waals surface area contributed by atoms with Gasteiger partial charge in [-0.1, -0.05) is 29.8 Å². The number of nitrogens with zero attached hydrogens (tertiary/aromatic N) is 1. The summed E-state index contributed by atoms with van der Waals surface area (Å²) in [5.74, 6) is 0.138. The van der Waals surface area contributed by atoms with Crippen LogP contribution in [0.1, 0.15) is 10.8 Å². The van der Waals surface area contributed by atoms with Crippen molar-refractivity contribution in [1.29, 1.82) is 0 Å². The zero-order chi connectivity index (χ0) is 13.2. The zero-order valence-corrected chi connectivity index (χ0v) is 11.2. The molecule has 5 heteroatoms. The van der Waals surface area contributed by atoms with Crippen LogP contribution < -0.4 is 5.63 Å². The van der Waals surface area contributed by atoms with Gasteiger partial charge in [0.2, 0.25) is 5.89 Å². The fraction of sp³-hybridized carbons (Fsp3) is 0. The predicted molar refractivity (Wildman–Crippen MR) is 78.3 cm³/mol. The molecule has 3 aromatic rings. The van der Waals surface area contributed by atoms with Crippen LogP contribution in [0, 0.1) is 0 Å². The summed E-state index contributed by atoms with van der Waals surface area (Å²) in [4.78, 5) is 17.0.